The molecule has 0 saturated heterocycles. The first-order chi connectivity index (χ1) is 7.34. The second-order valence-electron chi connectivity index (χ2n) is 3.18. The predicted octanol–water partition coefficient (Wildman–Crippen LogP) is 2.41. The molecule has 1 aliphatic rings. The molecule has 1 atom stereocenters. The lowest BCUT2D eigenvalue weighted by molar-refractivity contribution is 0.305. The number of benzene rings is 1. The van der Waals surface area contributed by atoms with Crippen molar-refractivity contribution in [3.05, 3.63) is 35.9 Å². The molecule has 0 aromatic heterocycles. The van der Waals surface area contributed by atoms with Gasteiger partial charge >= 0.3 is 0 Å². The average molecular weight is 205 g/mol. The summed E-state index contributed by atoms with van der Waals surface area (Å²) in [5, 5.41) is 2.00. The fourth-order valence-corrected chi connectivity index (χ4v) is 1.35. The summed E-state index contributed by atoms with van der Waals surface area (Å²) in [6.45, 7) is 6.90. The maximum atomic E-state index is 4.20. The van der Waals surface area contributed by atoms with E-state index in [1.54, 1.807) is 0 Å². The lowest BCUT2D eigenvalue weighted by Gasteiger charge is -2.15. The van der Waals surface area contributed by atoms with Gasteiger partial charge in [-0.25, -0.2) is 5.43 Å². The first-order valence-electron chi connectivity index (χ1n) is 5.44. The van der Waals surface area contributed by atoms with Crippen LogP contribution in [0.25, 0.3) is 0 Å². The molecule has 0 amide bonds. The van der Waals surface area contributed by atoms with Gasteiger partial charge < -0.3 is 0 Å². The molecule has 1 aliphatic heterocycles. The zero-order valence-corrected chi connectivity index (χ0v) is 9.64. The second kappa shape index (κ2) is 6.19. The van der Waals surface area contributed by atoms with Crippen LogP contribution in [0.15, 0.2) is 35.3 Å². The van der Waals surface area contributed by atoms with Crippen LogP contribution in [0.4, 0.5) is 0 Å². The van der Waals surface area contributed by atoms with Crippen molar-refractivity contribution in [3.63, 3.8) is 0 Å². The third-order valence-electron chi connectivity index (χ3n) is 1.98. The summed E-state index contributed by atoms with van der Waals surface area (Å²) in [5.74, 6) is 0. The number of hydrogen-bond donors (Lipinski definition) is 1. The highest BCUT2D eigenvalue weighted by atomic mass is 15.6. The van der Waals surface area contributed by atoms with E-state index in [9.17, 15) is 0 Å². The zero-order chi connectivity index (χ0) is 11.1. The van der Waals surface area contributed by atoms with E-state index >= 15 is 0 Å². The molecule has 0 spiro atoms. The summed E-state index contributed by atoms with van der Waals surface area (Å²) in [5.41, 5.74) is 4.50. The highest BCUT2D eigenvalue weighted by Gasteiger charge is 2.10. The molecule has 3 heteroatoms. The molecule has 15 heavy (non-hydrogen) atoms. The van der Waals surface area contributed by atoms with Gasteiger partial charge in [0, 0.05) is 0 Å². The van der Waals surface area contributed by atoms with E-state index in [0.717, 1.165) is 6.54 Å². The molecule has 0 aliphatic carbocycles. The number of nitrogens with zero attached hydrogens (tertiary/aromatic N) is 2. The Kier molecular flexibility index (Phi) is 4.84. The van der Waals surface area contributed by atoms with Crippen molar-refractivity contribution >= 4 is 6.34 Å². The molecule has 0 fully saturated rings. The third-order valence-corrected chi connectivity index (χ3v) is 1.98. The van der Waals surface area contributed by atoms with Crippen LogP contribution in [-0.2, 0) is 6.54 Å². The Balaban J connectivity index is 0.000000531. The summed E-state index contributed by atoms with van der Waals surface area (Å²) >= 11 is 0. The first-order valence-corrected chi connectivity index (χ1v) is 5.44. The highest BCUT2D eigenvalue weighted by molar-refractivity contribution is 5.56. The van der Waals surface area contributed by atoms with Crippen LogP contribution >= 0.6 is 0 Å². The predicted molar refractivity (Wildman–Crippen MR) is 64.4 cm³/mol. The molecule has 82 valence electrons. The molecular weight excluding hydrogens is 186 g/mol. The Hall–Kier alpha value is -1.35. The quantitative estimate of drug-likeness (QED) is 0.803. The standard InChI is InChI=1S/C10H13N3.C2H6/c1-9-11-8-13(12-9)7-10-5-3-2-4-6-10;1-2/h2-6,8-9,12H,7H2,1H3;1-2H3. The monoisotopic (exact) mass is 205 g/mol. The Morgan fingerprint density at radius 2 is 1.93 bits per heavy atom. The van der Waals surface area contributed by atoms with E-state index in [0.29, 0.717) is 0 Å². The van der Waals surface area contributed by atoms with Crippen LogP contribution < -0.4 is 5.43 Å². The van der Waals surface area contributed by atoms with Crippen molar-refractivity contribution in [1.29, 1.82) is 0 Å². The lowest BCUT2D eigenvalue weighted by atomic mass is 10.2. The van der Waals surface area contributed by atoms with Crippen LogP contribution in [0.3, 0.4) is 0 Å². The number of hydrazine groups is 1. The number of aliphatic imine (C=N–C) groups is 1. The minimum Gasteiger partial charge on any atom is -0.292 e. The topological polar surface area (TPSA) is 27.6 Å². The van der Waals surface area contributed by atoms with Gasteiger partial charge in [-0.3, -0.25) is 10.0 Å². The Labute approximate surface area is 91.8 Å². The van der Waals surface area contributed by atoms with Crippen molar-refractivity contribution in [1.82, 2.24) is 10.4 Å². The van der Waals surface area contributed by atoms with Gasteiger partial charge in [0.25, 0.3) is 0 Å². The van der Waals surface area contributed by atoms with Crippen molar-refractivity contribution < 1.29 is 0 Å². The zero-order valence-electron chi connectivity index (χ0n) is 9.64. The molecular formula is C12H19N3. The van der Waals surface area contributed by atoms with Crippen LogP contribution in [0, 0.1) is 0 Å². The lowest BCUT2D eigenvalue weighted by Crippen LogP contribution is -2.34. The van der Waals surface area contributed by atoms with Gasteiger partial charge in [-0.2, -0.15) is 0 Å². The number of hydrogen-bond acceptors (Lipinski definition) is 3. The average Bonchev–Trinajstić information content (AvgIpc) is 2.68. The third kappa shape index (κ3) is 3.72. The van der Waals surface area contributed by atoms with Crippen LogP contribution in [0.5, 0.6) is 0 Å². The molecule has 1 aromatic rings. The van der Waals surface area contributed by atoms with Crippen LogP contribution in [0.2, 0.25) is 0 Å². The van der Waals surface area contributed by atoms with Gasteiger partial charge in [-0.05, 0) is 12.5 Å². The van der Waals surface area contributed by atoms with Crippen molar-refractivity contribution in [2.75, 3.05) is 0 Å². The van der Waals surface area contributed by atoms with Crippen molar-refractivity contribution in [3.8, 4) is 0 Å². The second-order valence-corrected chi connectivity index (χ2v) is 3.18. The Morgan fingerprint density at radius 1 is 1.27 bits per heavy atom. The van der Waals surface area contributed by atoms with Crippen LogP contribution in [0.1, 0.15) is 26.3 Å². The smallest absolute Gasteiger partial charge is 0.115 e. The maximum absolute atomic E-state index is 4.20. The van der Waals surface area contributed by atoms with Gasteiger partial charge in [-0.15, -0.1) is 0 Å². The largest absolute Gasteiger partial charge is 0.292 e. The first kappa shape index (κ1) is 11.7. The van der Waals surface area contributed by atoms with Gasteiger partial charge in [0.1, 0.15) is 12.5 Å². The fraction of sp³-hybridized carbons (Fsp3) is 0.417. The summed E-state index contributed by atoms with van der Waals surface area (Å²) in [4.78, 5) is 4.20. The fourth-order valence-electron chi connectivity index (χ4n) is 1.35. The van der Waals surface area contributed by atoms with Gasteiger partial charge in [-0.1, -0.05) is 44.2 Å². The normalized spacial score (nSPS) is 18.6. The van der Waals surface area contributed by atoms with Gasteiger partial charge in [0.15, 0.2) is 0 Å². The molecule has 3 nitrogen and oxygen atoms in total. The SMILES string of the molecule is CC.CC1N=CN(Cc2ccccc2)N1. The Bertz CT molecular complexity index is 295. The molecule has 0 saturated carbocycles. The molecule has 0 bridgehead atoms. The van der Waals surface area contributed by atoms with Crippen LogP contribution in [-0.4, -0.2) is 17.5 Å². The summed E-state index contributed by atoms with van der Waals surface area (Å²) in [6.07, 6.45) is 2.06. The van der Waals surface area contributed by atoms with Crippen molar-refractivity contribution in [2.24, 2.45) is 4.99 Å². The summed E-state index contributed by atoms with van der Waals surface area (Å²) in [7, 11) is 0. The van der Waals surface area contributed by atoms with E-state index in [1.165, 1.54) is 5.56 Å². The summed E-state index contributed by atoms with van der Waals surface area (Å²) in [6, 6.07) is 10.3. The molecule has 2 rings (SSSR count). The molecule has 0 radical (unpaired) electrons. The summed E-state index contributed by atoms with van der Waals surface area (Å²) < 4.78 is 0. The number of rotatable bonds is 2. The maximum Gasteiger partial charge on any atom is 0.115 e. The number of nitrogens with one attached hydrogen (secondary N) is 1. The van der Waals surface area contributed by atoms with E-state index < -0.39 is 0 Å². The minimum atomic E-state index is 0.212. The van der Waals surface area contributed by atoms with E-state index in [-0.39, 0.29) is 6.17 Å². The Morgan fingerprint density at radius 3 is 2.47 bits per heavy atom. The molecule has 1 heterocycles. The molecule has 1 unspecified atom stereocenters. The minimum absolute atomic E-state index is 0.212. The van der Waals surface area contributed by atoms with Gasteiger partial charge in [0.05, 0.1) is 6.54 Å². The van der Waals surface area contributed by atoms with E-state index in [1.807, 2.05) is 50.3 Å². The van der Waals surface area contributed by atoms with E-state index in [4.69, 9.17) is 0 Å². The van der Waals surface area contributed by atoms with Crippen molar-refractivity contribution in [2.45, 2.75) is 33.5 Å². The van der Waals surface area contributed by atoms with E-state index in [2.05, 4.69) is 22.6 Å². The highest BCUT2D eigenvalue weighted by Crippen LogP contribution is 2.04. The molecule has 1 N–H and O–H groups in total. The molecule has 1 aromatic carbocycles. The van der Waals surface area contributed by atoms with Gasteiger partial charge in [0.2, 0.25) is 0 Å².